The quantitative estimate of drug-likeness (QED) is 0.817. The van der Waals surface area contributed by atoms with Crippen molar-refractivity contribution in [2.75, 3.05) is 30.9 Å². The average Bonchev–Trinajstić information content (AvgIpc) is 3.02. The van der Waals surface area contributed by atoms with Crippen LogP contribution in [0.1, 0.15) is 15.9 Å². The zero-order valence-corrected chi connectivity index (χ0v) is 16.0. The van der Waals surface area contributed by atoms with Crippen LogP contribution in [-0.2, 0) is 4.79 Å². The summed E-state index contributed by atoms with van der Waals surface area (Å²) in [5, 5.41) is 9.81. The number of benzene rings is 2. The molecule has 3 rings (SSSR count). The van der Waals surface area contributed by atoms with Crippen LogP contribution in [0.25, 0.3) is 6.08 Å². The van der Waals surface area contributed by atoms with Crippen molar-refractivity contribution in [3.63, 3.8) is 0 Å². The Morgan fingerprint density at radius 1 is 1.07 bits per heavy atom. The molecule has 1 aliphatic heterocycles. The Morgan fingerprint density at radius 3 is 2.37 bits per heavy atom. The molecule has 0 radical (unpaired) electrons. The molecule has 1 aliphatic rings. The predicted molar refractivity (Wildman–Crippen MR) is 111 cm³/mol. The standard InChI is InChI=1S/C20H19N3O3S/c1-22(2)14-10-8-13(9-11-14)12-17-18(24)21-20(27-17)23(3)16-7-5-4-6-15(16)19(25)26/h4-12H,1-3H3,(H,25,26)/b17-12-. The maximum atomic E-state index is 12.3. The van der Waals surface area contributed by atoms with Gasteiger partial charge in [-0.1, -0.05) is 24.3 Å². The first-order valence-corrected chi connectivity index (χ1v) is 9.04. The van der Waals surface area contributed by atoms with E-state index in [-0.39, 0.29) is 11.5 Å². The number of nitrogens with zero attached hydrogens (tertiary/aromatic N) is 3. The zero-order chi connectivity index (χ0) is 19.6. The van der Waals surface area contributed by atoms with Gasteiger partial charge >= 0.3 is 5.97 Å². The second kappa shape index (κ2) is 7.67. The second-order valence-corrected chi connectivity index (χ2v) is 7.19. The van der Waals surface area contributed by atoms with Crippen molar-refractivity contribution in [3.05, 3.63) is 64.6 Å². The monoisotopic (exact) mass is 381 g/mol. The van der Waals surface area contributed by atoms with Gasteiger partial charge in [0.1, 0.15) is 0 Å². The minimum atomic E-state index is -1.02. The molecule has 2 aromatic rings. The number of hydrogen-bond acceptors (Lipinski definition) is 5. The Hall–Kier alpha value is -3.06. The number of hydrogen-bond donors (Lipinski definition) is 1. The van der Waals surface area contributed by atoms with E-state index in [4.69, 9.17) is 0 Å². The van der Waals surface area contributed by atoms with Crippen molar-refractivity contribution in [2.24, 2.45) is 4.99 Å². The molecule has 0 atom stereocenters. The minimum Gasteiger partial charge on any atom is -0.478 e. The molecule has 0 aliphatic carbocycles. The smallest absolute Gasteiger partial charge is 0.337 e. The first kappa shape index (κ1) is 18.7. The van der Waals surface area contributed by atoms with Crippen molar-refractivity contribution in [3.8, 4) is 0 Å². The van der Waals surface area contributed by atoms with Gasteiger partial charge in [-0.25, -0.2) is 4.79 Å². The molecule has 0 saturated heterocycles. The van der Waals surface area contributed by atoms with Gasteiger partial charge in [-0.2, -0.15) is 4.99 Å². The highest BCUT2D eigenvalue weighted by Crippen LogP contribution is 2.33. The number of aliphatic imine (C=N–C) groups is 1. The molecule has 138 valence electrons. The molecular weight excluding hydrogens is 362 g/mol. The fourth-order valence-corrected chi connectivity index (χ4v) is 3.50. The number of carboxylic acids is 1. The van der Waals surface area contributed by atoms with E-state index < -0.39 is 5.97 Å². The molecule has 0 bridgehead atoms. The fourth-order valence-electron chi connectivity index (χ4n) is 2.61. The van der Waals surface area contributed by atoms with Crippen molar-refractivity contribution >= 4 is 46.3 Å². The number of amidine groups is 1. The van der Waals surface area contributed by atoms with Crippen LogP contribution in [0.3, 0.4) is 0 Å². The molecule has 27 heavy (non-hydrogen) atoms. The van der Waals surface area contributed by atoms with Gasteiger partial charge in [-0.05, 0) is 47.7 Å². The van der Waals surface area contributed by atoms with E-state index in [1.54, 1.807) is 36.2 Å². The number of amides is 1. The molecule has 7 heteroatoms. The van der Waals surface area contributed by atoms with Gasteiger partial charge in [0.05, 0.1) is 16.2 Å². The first-order chi connectivity index (χ1) is 12.9. The van der Waals surface area contributed by atoms with Crippen molar-refractivity contribution in [2.45, 2.75) is 0 Å². The lowest BCUT2D eigenvalue weighted by molar-refractivity contribution is -0.113. The van der Waals surface area contributed by atoms with Crippen molar-refractivity contribution < 1.29 is 14.7 Å². The van der Waals surface area contributed by atoms with Crippen LogP contribution in [0.2, 0.25) is 0 Å². The summed E-state index contributed by atoms with van der Waals surface area (Å²) in [6.07, 6.45) is 1.79. The summed E-state index contributed by atoms with van der Waals surface area (Å²) < 4.78 is 0. The Labute approximate surface area is 161 Å². The SMILES string of the molecule is CN(C)c1ccc(/C=C2\SC(N(C)c3ccccc3C(=O)O)=NC2=O)cc1. The summed E-state index contributed by atoms with van der Waals surface area (Å²) in [6, 6.07) is 14.5. The first-order valence-electron chi connectivity index (χ1n) is 8.23. The molecule has 0 aromatic heterocycles. The molecule has 1 N–H and O–H groups in total. The fraction of sp³-hybridized carbons (Fsp3) is 0.150. The lowest BCUT2D eigenvalue weighted by atomic mass is 10.1. The molecular formula is C20H19N3O3S. The number of aromatic carboxylic acids is 1. The van der Waals surface area contributed by atoms with E-state index in [9.17, 15) is 14.7 Å². The number of carbonyl (C=O) groups is 2. The Bertz CT molecular complexity index is 949. The third-order valence-corrected chi connectivity index (χ3v) is 5.16. The molecule has 0 saturated carbocycles. The van der Waals surface area contributed by atoms with Crippen LogP contribution in [-0.4, -0.2) is 43.3 Å². The van der Waals surface area contributed by atoms with E-state index in [2.05, 4.69) is 4.99 Å². The summed E-state index contributed by atoms with van der Waals surface area (Å²) in [4.78, 5) is 31.9. The summed E-state index contributed by atoms with van der Waals surface area (Å²) >= 11 is 1.23. The topological polar surface area (TPSA) is 73.2 Å². The Morgan fingerprint density at radius 2 is 1.74 bits per heavy atom. The number of carboxylic acid groups (broad SMARTS) is 1. The van der Waals surface area contributed by atoms with E-state index in [0.29, 0.717) is 15.8 Å². The maximum absolute atomic E-state index is 12.3. The van der Waals surface area contributed by atoms with E-state index in [0.717, 1.165) is 11.3 Å². The van der Waals surface area contributed by atoms with Crippen LogP contribution in [0.15, 0.2) is 58.4 Å². The Balaban J connectivity index is 1.82. The third kappa shape index (κ3) is 4.03. The number of carbonyl (C=O) groups excluding carboxylic acids is 1. The molecule has 0 spiro atoms. The van der Waals surface area contributed by atoms with Crippen LogP contribution >= 0.6 is 11.8 Å². The summed E-state index contributed by atoms with van der Waals surface area (Å²) in [7, 11) is 5.64. The third-order valence-electron chi connectivity index (χ3n) is 4.10. The summed E-state index contributed by atoms with van der Waals surface area (Å²) in [6.45, 7) is 0. The van der Waals surface area contributed by atoms with E-state index in [1.165, 1.54) is 17.8 Å². The summed E-state index contributed by atoms with van der Waals surface area (Å²) in [5.74, 6) is -1.35. The molecule has 0 unspecified atom stereocenters. The van der Waals surface area contributed by atoms with E-state index in [1.807, 2.05) is 43.3 Å². The van der Waals surface area contributed by atoms with E-state index >= 15 is 0 Å². The van der Waals surface area contributed by atoms with Crippen LogP contribution < -0.4 is 9.80 Å². The number of para-hydroxylation sites is 1. The largest absolute Gasteiger partial charge is 0.478 e. The second-order valence-electron chi connectivity index (χ2n) is 6.18. The maximum Gasteiger partial charge on any atom is 0.337 e. The van der Waals surface area contributed by atoms with Gasteiger partial charge in [0.15, 0.2) is 5.17 Å². The lowest BCUT2D eigenvalue weighted by Gasteiger charge is -2.19. The number of thioether (sulfide) groups is 1. The number of anilines is 2. The molecule has 0 fully saturated rings. The van der Waals surface area contributed by atoms with Gasteiger partial charge in [-0.15, -0.1) is 0 Å². The summed E-state index contributed by atoms with van der Waals surface area (Å²) in [5.41, 5.74) is 2.62. The van der Waals surface area contributed by atoms with Crippen molar-refractivity contribution in [1.29, 1.82) is 0 Å². The van der Waals surface area contributed by atoms with Crippen LogP contribution in [0.4, 0.5) is 11.4 Å². The number of rotatable bonds is 4. The minimum absolute atomic E-state index is 0.160. The zero-order valence-electron chi connectivity index (χ0n) is 15.2. The Kier molecular flexibility index (Phi) is 5.32. The van der Waals surface area contributed by atoms with Crippen LogP contribution in [0, 0.1) is 0 Å². The van der Waals surface area contributed by atoms with Gasteiger partial charge in [0.25, 0.3) is 5.91 Å². The van der Waals surface area contributed by atoms with Crippen molar-refractivity contribution in [1.82, 2.24) is 0 Å². The van der Waals surface area contributed by atoms with Crippen LogP contribution in [0.5, 0.6) is 0 Å². The normalized spacial score (nSPS) is 15.0. The van der Waals surface area contributed by atoms with Gasteiger partial charge in [0, 0.05) is 26.8 Å². The molecule has 2 aromatic carbocycles. The highest BCUT2D eigenvalue weighted by molar-refractivity contribution is 8.18. The molecule has 1 heterocycles. The lowest BCUT2D eigenvalue weighted by Crippen LogP contribution is -2.24. The molecule has 6 nitrogen and oxygen atoms in total. The highest BCUT2D eigenvalue weighted by atomic mass is 32.2. The molecule has 1 amide bonds. The van der Waals surface area contributed by atoms with Gasteiger partial charge in [0.2, 0.25) is 0 Å². The average molecular weight is 381 g/mol. The highest BCUT2D eigenvalue weighted by Gasteiger charge is 2.26. The van der Waals surface area contributed by atoms with Gasteiger partial charge < -0.3 is 14.9 Å². The van der Waals surface area contributed by atoms with Gasteiger partial charge in [-0.3, -0.25) is 4.79 Å². The predicted octanol–water partition coefficient (Wildman–Crippen LogP) is 3.56.